The van der Waals surface area contributed by atoms with Crippen LogP contribution in [0.15, 0.2) is 29.2 Å². The zero-order valence-electron chi connectivity index (χ0n) is 11.5. The van der Waals surface area contributed by atoms with Gasteiger partial charge in [0.25, 0.3) is 5.56 Å². The Morgan fingerprint density at radius 1 is 1.29 bits per heavy atom. The Labute approximate surface area is 121 Å². The van der Waals surface area contributed by atoms with Crippen LogP contribution in [0.4, 0.5) is 0 Å². The number of carbonyl (C=O) groups is 1. The number of aromatic nitrogens is 2. The molecule has 1 aliphatic heterocycles. The molecule has 1 fully saturated rings. The number of nitrogens with zero attached hydrogens (tertiary/aromatic N) is 4. The van der Waals surface area contributed by atoms with Crippen molar-refractivity contribution < 1.29 is 9.90 Å². The molecule has 0 bridgehead atoms. The van der Waals surface area contributed by atoms with Crippen LogP contribution in [0.1, 0.15) is 5.69 Å². The molecule has 7 nitrogen and oxygen atoms in total. The number of hydrogen-bond acceptors (Lipinski definition) is 5. The fraction of sp³-hybridized carbons (Fsp3) is 0.357. The minimum atomic E-state index is -0.211. The number of hydrogen-bond donors (Lipinski definition) is 1. The van der Waals surface area contributed by atoms with Crippen molar-refractivity contribution in [2.24, 2.45) is 0 Å². The molecule has 0 aromatic carbocycles. The summed E-state index contributed by atoms with van der Waals surface area (Å²) >= 11 is 0. The number of aromatic hydroxyl groups is 1. The molecule has 7 heteroatoms. The fourth-order valence-electron chi connectivity index (χ4n) is 2.50. The van der Waals surface area contributed by atoms with E-state index in [1.54, 1.807) is 17.2 Å². The summed E-state index contributed by atoms with van der Waals surface area (Å²) in [5.41, 5.74) is 0.685. The van der Waals surface area contributed by atoms with Crippen LogP contribution in [0.5, 0.6) is 5.75 Å². The molecule has 0 atom stereocenters. The summed E-state index contributed by atoms with van der Waals surface area (Å²) in [6, 6.07) is 4.59. The highest BCUT2D eigenvalue weighted by molar-refractivity contribution is 5.52. The molecule has 1 amide bonds. The summed E-state index contributed by atoms with van der Waals surface area (Å²) in [7, 11) is 0. The first-order valence-electron chi connectivity index (χ1n) is 6.79. The predicted molar refractivity (Wildman–Crippen MR) is 76.0 cm³/mol. The van der Waals surface area contributed by atoms with E-state index in [0.717, 1.165) is 19.5 Å². The molecule has 0 saturated carbocycles. The molecule has 1 N–H and O–H groups in total. The van der Waals surface area contributed by atoms with Crippen LogP contribution in [0.3, 0.4) is 0 Å². The molecule has 110 valence electrons. The van der Waals surface area contributed by atoms with Crippen LogP contribution in [0, 0.1) is 0 Å². The topological polar surface area (TPSA) is 78.2 Å². The third kappa shape index (κ3) is 2.73. The Hall–Kier alpha value is -2.41. The van der Waals surface area contributed by atoms with E-state index in [2.05, 4.69) is 9.88 Å². The molecule has 2 aromatic rings. The van der Waals surface area contributed by atoms with Crippen molar-refractivity contribution in [3.63, 3.8) is 0 Å². The number of pyridine rings is 1. The molecular formula is C14H16N4O3. The summed E-state index contributed by atoms with van der Waals surface area (Å²) in [5.74, 6) is -0.0118. The zero-order chi connectivity index (χ0) is 14.8. The molecule has 0 spiro atoms. The summed E-state index contributed by atoms with van der Waals surface area (Å²) < 4.78 is 1.32. The van der Waals surface area contributed by atoms with Crippen LogP contribution in [-0.4, -0.2) is 56.9 Å². The quantitative estimate of drug-likeness (QED) is 0.783. The minimum Gasteiger partial charge on any atom is -0.504 e. The largest absolute Gasteiger partial charge is 0.504 e. The van der Waals surface area contributed by atoms with Gasteiger partial charge in [-0.3, -0.25) is 18.9 Å². The number of piperazine rings is 1. The van der Waals surface area contributed by atoms with Gasteiger partial charge in [0.15, 0.2) is 11.4 Å². The average molecular weight is 288 g/mol. The van der Waals surface area contributed by atoms with E-state index in [0.29, 0.717) is 25.3 Å². The van der Waals surface area contributed by atoms with Gasteiger partial charge in [0.05, 0.1) is 5.69 Å². The maximum atomic E-state index is 12.0. The van der Waals surface area contributed by atoms with Crippen LogP contribution >= 0.6 is 0 Å². The standard InChI is InChI=1S/C14H16N4O3/c19-10-17-6-4-16(5-7-17)9-11-8-13(21)18-3-1-2-12(20)14(18)15-11/h1-3,8,10,20H,4-7,9H2. The summed E-state index contributed by atoms with van der Waals surface area (Å²) in [6.45, 7) is 3.40. The Kier molecular flexibility index (Phi) is 3.57. The molecule has 1 aliphatic rings. The SMILES string of the molecule is O=CN1CCN(Cc2cc(=O)n3cccc(O)c3n2)CC1. The van der Waals surface area contributed by atoms with E-state index in [9.17, 15) is 14.7 Å². The highest BCUT2D eigenvalue weighted by Crippen LogP contribution is 2.14. The maximum absolute atomic E-state index is 12.0. The molecule has 1 saturated heterocycles. The van der Waals surface area contributed by atoms with Crippen molar-refractivity contribution in [2.45, 2.75) is 6.54 Å². The van der Waals surface area contributed by atoms with E-state index < -0.39 is 0 Å². The summed E-state index contributed by atoms with van der Waals surface area (Å²) in [4.78, 5) is 30.9. The van der Waals surface area contributed by atoms with Crippen LogP contribution < -0.4 is 5.56 Å². The predicted octanol–water partition coefficient (Wildman–Crippen LogP) is -0.326. The van der Waals surface area contributed by atoms with Gasteiger partial charge in [-0.1, -0.05) is 0 Å². The second-order valence-electron chi connectivity index (χ2n) is 5.09. The van der Waals surface area contributed by atoms with E-state index >= 15 is 0 Å². The normalized spacial score (nSPS) is 16.3. The van der Waals surface area contributed by atoms with Crippen molar-refractivity contribution in [2.75, 3.05) is 26.2 Å². The van der Waals surface area contributed by atoms with Gasteiger partial charge >= 0.3 is 0 Å². The second kappa shape index (κ2) is 5.53. The van der Waals surface area contributed by atoms with E-state index in [1.807, 2.05) is 0 Å². The maximum Gasteiger partial charge on any atom is 0.258 e. The van der Waals surface area contributed by atoms with Gasteiger partial charge < -0.3 is 10.0 Å². The Balaban J connectivity index is 1.83. The third-order valence-electron chi connectivity index (χ3n) is 3.67. The molecule has 0 aliphatic carbocycles. The first-order chi connectivity index (χ1) is 10.2. The fourth-order valence-corrected chi connectivity index (χ4v) is 2.50. The van der Waals surface area contributed by atoms with E-state index in [1.165, 1.54) is 16.5 Å². The van der Waals surface area contributed by atoms with Gasteiger partial charge in [-0.25, -0.2) is 4.98 Å². The lowest BCUT2D eigenvalue weighted by Crippen LogP contribution is -2.45. The smallest absolute Gasteiger partial charge is 0.258 e. The Bertz CT molecular complexity index is 720. The Morgan fingerprint density at radius 3 is 2.76 bits per heavy atom. The highest BCUT2D eigenvalue weighted by atomic mass is 16.3. The number of carbonyl (C=O) groups excluding carboxylic acids is 1. The van der Waals surface area contributed by atoms with Crippen LogP contribution in [0.25, 0.3) is 5.65 Å². The molecule has 0 radical (unpaired) electrons. The molecule has 2 aromatic heterocycles. The number of rotatable bonds is 3. The highest BCUT2D eigenvalue weighted by Gasteiger charge is 2.16. The summed E-state index contributed by atoms with van der Waals surface area (Å²) in [5, 5.41) is 9.81. The molecule has 3 heterocycles. The average Bonchev–Trinajstić information content (AvgIpc) is 2.49. The molecule has 21 heavy (non-hydrogen) atoms. The second-order valence-corrected chi connectivity index (χ2v) is 5.09. The number of amides is 1. The van der Waals surface area contributed by atoms with E-state index in [-0.39, 0.29) is 17.0 Å². The first-order valence-corrected chi connectivity index (χ1v) is 6.79. The van der Waals surface area contributed by atoms with Crippen molar-refractivity contribution in [1.29, 1.82) is 0 Å². The van der Waals surface area contributed by atoms with Gasteiger partial charge in [0.2, 0.25) is 6.41 Å². The lowest BCUT2D eigenvalue weighted by molar-refractivity contribution is -0.119. The van der Waals surface area contributed by atoms with E-state index in [4.69, 9.17) is 0 Å². The Morgan fingerprint density at radius 2 is 2.05 bits per heavy atom. The van der Waals surface area contributed by atoms with Gasteiger partial charge in [0.1, 0.15) is 0 Å². The molecule has 3 rings (SSSR count). The third-order valence-corrected chi connectivity index (χ3v) is 3.67. The van der Waals surface area contributed by atoms with Gasteiger partial charge in [-0.05, 0) is 12.1 Å². The zero-order valence-corrected chi connectivity index (χ0v) is 11.5. The molecular weight excluding hydrogens is 272 g/mol. The lowest BCUT2D eigenvalue weighted by atomic mass is 10.3. The van der Waals surface area contributed by atoms with Crippen LogP contribution in [0.2, 0.25) is 0 Å². The van der Waals surface area contributed by atoms with Crippen LogP contribution in [-0.2, 0) is 11.3 Å². The van der Waals surface area contributed by atoms with Crippen molar-refractivity contribution >= 4 is 12.1 Å². The minimum absolute atomic E-state index is 0.0118. The van der Waals surface area contributed by atoms with Gasteiger partial charge in [-0.2, -0.15) is 0 Å². The van der Waals surface area contributed by atoms with Gasteiger partial charge in [-0.15, -0.1) is 0 Å². The summed E-state index contributed by atoms with van der Waals surface area (Å²) in [6.07, 6.45) is 2.44. The first kappa shape index (κ1) is 13.6. The monoisotopic (exact) mass is 288 g/mol. The molecule has 0 unspecified atom stereocenters. The van der Waals surface area contributed by atoms with Crippen molar-refractivity contribution in [3.8, 4) is 5.75 Å². The number of fused-ring (bicyclic) bond motifs is 1. The lowest BCUT2D eigenvalue weighted by Gasteiger charge is -2.32. The van der Waals surface area contributed by atoms with Crippen molar-refractivity contribution in [1.82, 2.24) is 19.2 Å². The van der Waals surface area contributed by atoms with Gasteiger partial charge in [0, 0.05) is 45.0 Å². The van der Waals surface area contributed by atoms with Crippen molar-refractivity contribution in [3.05, 3.63) is 40.4 Å².